The van der Waals surface area contributed by atoms with E-state index < -0.39 is 18.1 Å². The molecule has 1 aromatic rings. The maximum absolute atomic E-state index is 12.5. The molecule has 0 fully saturated rings. The zero-order valence-corrected chi connectivity index (χ0v) is 16.0. The van der Waals surface area contributed by atoms with Crippen LogP contribution in [0.2, 0.25) is 0 Å². The summed E-state index contributed by atoms with van der Waals surface area (Å²) in [4.78, 5) is 36.8. The number of nitrogens with two attached hydrogens (primary N) is 2. The van der Waals surface area contributed by atoms with E-state index in [9.17, 15) is 14.4 Å². The van der Waals surface area contributed by atoms with Gasteiger partial charge in [0.25, 0.3) is 0 Å². The number of Topliss-reactive ketones (excluding diaryl/α,β-unsaturated/α-hetero) is 2. The van der Waals surface area contributed by atoms with Gasteiger partial charge in [-0.25, -0.2) is 0 Å². The summed E-state index contributed by atoms with van der Waals surface area (Å²) in [6.07, 6.45) is 1.89. The molecule has 0 spiro atoms. The zero-order valence-electron chi connectivity index (χ0n) is 16.0. The monoisotopic (exact) mass is 361 g/mol. The molecule has 0 saturated heterocycles. The first-order valence-electron chi connectivity index (χ1n) is 9.20. The van der Waals surface area contributed by atoms with Gasteiger partial charge in [0.15, 0.2) is 11.6 Å². The van der Waals surface area contributed by atoms with Crippen LogP contribution in [0.1, 0.15) is 50.7 Å². The summed E-state index contributed by atoms with van der Waals surface area (Å²) in [5.41, 5.74) is 13.6. The fourth-order valence-corrected chi connectivity index (χ4v) is 2.83. The van der Waals surface area contributed by atoms with E-state index in [4.69, 9.17) is 11.5 Å². The molecule has 0 radical (unpaired) electrons. The number of aryl methyl sites for hydroxylation is 1. The standard InChI is InChI=1S/C20H31N3O3/c1-4-7-15(21)18(24)12-16(22)20(26)17(5-2)23-19(25)11-14-9-6-8-13(3)10-14/h6,8-10,15-17H,4-5,7,11-12,21-22H2,1-3H3,(H,23,25)/t15?,16?,17-/m1/s1. The summed E-state index contributed by atoms with van der Waals surface area (Å²) in [6.45, 7) is 5.70. The Balaban J connectivity index is 2.61. The van der Waals surface area contributed by atoms with Gasteiger partial charge in [0.05, 0.1) is 24.5 Å². The normalized spacial score (nSPS) is 14.3. The molecular formula is C20H31N3O3. The Morgan fingerprint density at radius 1 is 1.12 bits per heavy atom. The van der Waals surface area contributed by atoms with Gasteiger partial charge >= 0.3 is 0 Å². The summed E-state index contributed by atoms with van der Waals surface area (Å²) in [7, 11) is 0. The topological polar surface area (TPSA) is 115 Å². The molecule has 0 heterocycles. The van der Waals surface area contributed by atoms with Crippen LogP contribution in [0.4, 0.5) is 0 Å². The zero-order chi connectivity index (χ0) is 19.7. The van der Waals surface area contributed by atoms with Crippen molar-refractivity contribution in [2.45, 2.75) is 71.0 Å². The molecule has 144 valence electrons. The molecule has 1 rings (SSSR count). The van der Waals surface area contributed by atoms with Gasteiger partial charge in [-0.2, -0.15) is 0 Å². The van der Waals surface area contributed by atoms with Crippen molar-refractivity contribution in [1.29, 1.82) is 0 Å². The van der Waals surface area contributed by atoms with E-state index >= 15 is 0 Å². The fourth-order valence-electron chi connectivity index (χ4n) is 2.83. The molecule has 2 unspecified atom stereocenters. The number of hydrogen-bond donors (Lipinski definition) is 3. The minimum atomic E-state index is -0.949. The Bertz CT molecular complexity index is 630. The molecule has 5 N–H and O–H groups in total. The second-order valence-corrected chi connectivity index (χ2v) is 6.77. The first-order chi connectivity index (χ1) is 12.3. The van der Waals surface area contributed by atoms with E-state index in [2.05, 4.69) is 5.32 Å². The third-order valence-corrected chi connectivity index (χ3v) is 4.33. The van der Waals surface area contributed by atoms with Gasteiger partial charge in [-0.1, -0.05) is 50.1 Å². The van der Waals surface area contributed by atoms with Crippen molar-refractivity contribution in [3.05, 3.63) is 35.4 Å². The number of rotatable bonds is 11. The van der Waals surface area contributed by atoms with Crippen LogP contribution in [0, 0.1) is 6.92 Å². The highest BCUT2D eigenvalue weighted by atomic mass is 16.2. The Kier molecular flexibility index (Phi) is 9.16. The average molecular weight is 361 g/mol. The second-order valence-electron chi connectivity index (χ2n) is 6.77. The molecule has 0 aliphatic heterocycles. The van der Waals surface area contributed by atoms with Crippen LogP contribution < -0.4 is 16.8 Å². The number of carbonyl (C=O) groups is 3. The smallest absolute Gasteiger partial charge is 0.225 e. The molecule has 1 aromatic carbocycles. The van der Waals surface area contributed by atoms with Crippen molar-refractivity contribution >= 4 is 17.5 Å². The van der Waals surface area contributed by atoms with Crippen molar-refractivity contribution in [3.8, 4) is 0 Å². The van der Waals surface area contributed by atoms with Gasteiger partial charge in [-0.3, -0.25) is 14.4 Å². The third-order valence-electron chi connectivity index (χ3n) is 4.33. The third kappa shape index (κ3) is 7.06. The predicted octanol–water partition coefficient (Wildman–Crippen LogP) is 1.42. The van der Waals surface area contributed by atoms with Crippen molar-refractivity contribution in [1.82, 2.24) is 5.32 Å². The van der Waals surface area contributed by atoms with Crippen molar-refractivity contribution in [2.75, 3.05) is 0 Å². The van der Waals surface area contributed by atoms with E-state index in [1.807, 2.05) is 38.1 Å². The second kappa shape index (κ2) is 10.8. The van der Waals surface area contributed by atoms with E-state index in [1.165, 1.54) is 0 Å². The SMILES string of the molecule is CCCC(N)C(=O)CC(N)C(=O)[C@@H](CC)NC(=O)Cc1cccc(C)c1. The minimum absolute atomic E-state index is 0.0930. The largest absolute Gasteiger partial charge is 0.346 e. The lowest BCUT2D eigenvalue weighted by Gasteiger charge is -2.20. The number of benzene rings is 1. The van der Waals surface area contributed by atoms with Crippen molar-refractivity contribution in [3.63, 3.8) is 0 Å². The molecule has 0 aliphatic carbocycles. The number of carbonyl (C=O) groups excluding carboxylic acids is 3. The molecule has 6 nitrogen and oxygen atoms in total. The van der Waals surface area contributed by atoms with Gasteiger partial charge in [0.1, 0.15) is 0 Å². The Hall–Kier alpha value is -2.05. The average Bonchev–Trinajstić information content (AvgIpc) is 2.59. The maximum atomic E-state index is 12.5. The van der Waals surface area contributed by atoms with E-state index in [-0.39, 0.29) is 30.3 Å². The van der Waals surface area contributed by atoms with Crippen molar-refractivity contribution in [2.24, 2.45) is 11.5 Å². The Labute approximate surface area is 155 Å². The molecule has 0 bridgehead atoms. The van der Waals surface area contributed by atoms with Crippen LogP contribution in [-0.4, -0.2) is 35.6 Å². The summed E-state index contributed by atoms with van der Waals surface area (Å²) >= 11 is 0. The Morgan fingerprint density at radius 3 is 2.38 bits per heavy atom. The lowest BCUT2D eigenvalue weighted by molar-refractivity contribution is -0.130. The number of amides is 1. The molecule has 6 heteroatoms. The molecular weight excluding hydrogens is 330 g/mol. The van der Waals surface area contributed by atoms with Crippen LogP contribution in [0.25, 0.3) is 0 Å². The van der Waals surface area contributed by atoms with E-state index in [0.29, 0.717) is 12.8 Å². The van der Waals surface area contributed by atoms with Crippen LogP contribution in [0.3, 0.4) is 0 Å². The predicted molar refractivity (Wildman–Crippen MR) is 103 cm³/mol. The van der Waals surface area contributed by atoms with Gasteiger partial charge in [0.2, 0.25) is 5.91 Å². The summed E-state index contributed by atoms with van der Waals surface area (Å²) in [5, 5.41) is 2.73. The number of nitrogens with one attached hydrogen (secondary N) is 1. The molecule has 0 aliphatic rings. The quantitative estimate of drug-likeness (QED) is 0.551. The molecule has 0 saturated carbocycles. The minimum Gasteiger partial charge on any atom is -0.346 e. The molecule has 1 amide bonds. The van der Waals surface area contributed by atoms with E-state index in [0.717, 1.165) is 17.5 Å². The van der Waals surface area contributed by atoms with Gasteiger partial charge in [0, 0.05) is 6.42 Å². The summed E-state index contributed by atoms with van der Waals surface area (Å²) in [6, 6.07) is 5.42. The first-order valence-corrected chi connectivity index (χ1v) is 9.20. The number of ketones is 2. The highest BCUT2D eigenvalue weighted by Gasteiger charge is 2.27. The summed E-state index contributed by atoms with van der Waals surface area (Å²) < 4.78 is 0. The van der Waals surface area contributed by atoms with Crippen LogP contribution in [0.15, 0.2) is 24.3 Å². The lowest BCUT2D eigenvalue weighted by Crippen LogP contribution is -2.49. The first kappa shape index (κ1) is 22.0. The van der Waals surface area contributed by atoms with Gasteiger partial charge < -0.3 is 16.8 Å². The molecule has 3 atom stereocenters. The van der Waals surface area contributed by atoms with Gasteiger partial charge in [-0.05, 0) is 25.3 Å². The molecule has 0 aromatic heterocycles. The van der Waals surface area contributed by atoms with Crippen LogP contribution in [-0.2, 0) is 20.8 Å². The Morgan fingerprint density at radius 2 is 1.81 bits per heavy atom. The lowest BCUT2D eigenvalue weighted by atomic mass is 9.95. The maximum Gasteiger partial charge on any atom is 0.225 e. The van der Waals surface area contributed by atoms with Crippen molar-refractivity contribution < 1.29 is 14.4 Å². The summed E-state index contributed by atoms with van der Waals surface area (Å²) in [5.74, 6) is -0.784. The highest BCUT2D eigenvalue weighted by molar-refractivity contribution is 5.96. The fraction of sp³-hybridized carbons (Fsp3) is 0.550. The molecule has 26 heavy (non-hydrogen) atoms. The van der Waals surface area contributed by atoms with Crippen LogP contribution in [0.5, 0.6) is 0 Å². The van der Waals surface area contributed by atoms with Crippen LogP contribution >= 0.6 is 0 Å². The highest BCUT2D eigenvalue weighted by Crippen LogP contribution is 2.07. The number of hydrogen-bond acceptors (Lipinski definition) is 5. The van der Waals surface area contributed by atoms with Gasteiger partial charge in [-0.15, -0.1) is 0 Å². The van der Waals surface area contributed by atoms with E-state index in [1.54, 1.807) is 6.92 Å².